The highest BCUT2D eigenvalue weighted by molar-refractivity contribution is 5.86. The van der Waals surface area contributed by atoms with E-state index < -0.39 is 5.97 Å². The predicted octanol–water partition coefficient (Wildman–Crippen LogP) is 1.91. The SMILES string of the molecule is C=N/C(=C\C=C(/C)C(=O)O)CN=[N+]=[N-]. The molecule has 0 aromatic heterocycles. The molecule has 0 aliphatic rings. The lowest BCUT2D eigenvalue weighted by molar-refractivity contribution is -0.132. The molecular weight excluding hydrogens is 184 g/mol. The minimum atomic E-state index is -1.01. The zero-order valence-corrected chi connectivity index (χ0v) is 7.71. The molecule has 0 bridgehead atoms. The molecule has 14 heavy (non-hydrogen) atoms. The summed E-state index contributed by atoms with van der Waals surface area (Å²) in [6.07, 6.45) is 2.82. The Labute approximate surface area is 80.9 Å². The maximum Gasteiger partial charge on any atom is 0.331 e. The first kappa shape index (κ1) is 11.9. The van der Waals surface area contributed by atoms with Crippen molar-refractivity contribution in [1.29, 1.82) is 0 Å². The Morgan fingerprint density at radius 1 is 1.64 bits per heavy atom. The summed E-state index contributed by atoms with van der Waals surface area (Å²) in [6.45, 7) is 4.77. The number of hydrogen-bond acceptors (Lipinski definition) is 3. The first-order chi connectivity index (χ1) is 6.61. The second-order valence-corrected chi connectivity index (χ2v) is 2.36. The van der Waals surface area contributed by atoms with Gasteiger partial charge < -0.3 is 5.11 Å². The number of hydrogen-bond donors (Lipinski definition) is 1. The zero-order valence-electron chi connectivity index (χ0n) is 7.71. The fraction of sp³-hybridized carbons (Fsp3) is 0.250. The van der Waals surface area contributed by atoms with E-state index in [1.807, 2.05) is 0 Å². The van der Waals surface area contributed by atoms with Crippen molar-refractivity contribution >= 4 is 12.7 Å². The van der Waals surface area contributed by atoms with Crippen LogP contribution in [-0.4, -0.2) is 24.3 Å². The van der Waals surface area contributed by atoms with E-state index in [1.54, 1.807) is 0 Å². The van der Waals surface area contributed by atoms with Crippen LogP contribution >= 0.6 is 0 Å². The van der Waals surface area contributed by atoms with Crippen LogP contribution in [0.15, 0.2) is 33.5 Å². The quantitative estimate of drug-likeness (QED) is 0.180. The molecule has 0 saturated heterocycles. The van der Waals surface area contributed by atoms with Gasteiger partial charge in [0.1, 0.15) is 0 Å². The van der Waals surface area contributed by atoms with Crippen molar-refractivity contribution in [3.8, 4) is 0 Å². The normalized spacial score (nSPS) is 11.8. The van der Waals surface area contributed by atoms with E-state index in [-0.39, 0.29) is 12.1 Å². The second kappa shape index (κ2) is 6.45. The summed E-state index contributed by atoms with van der Waals surface area (Å²) in [5.41, 5.74) is 8.63. The van der Waals surface area contributed by atoms with E-state index in [4.69, 9.17) is 10.6 Å². The third kappa shape index (κ3) is 4.74. The number of rotatable bonds is 5. The van der Waals surface area contributed by atoms with Gasteiger partial charge >= 0.3 is 5.97 Å². The molecule has 6 nitrogen and oxygen atoms in total. The molecule has 0 spiro atoms. The Hall–Kier alpha value is -2.07. The third-order valence-electron chi connectivity index (χ3n) is 1.36. The number of aliphatic carboxylic acids is 1. The smallest absolute Gasteiger partial charge is 0.331 e. The first-order valence-electron chi connectivity index (χ1n) is 3.70. The molecule has 0 unspecified atom stereocenters. The van der Waals surface area contributed by atoms with Gasteiger partial charge in [0.25, 0.3) is 0 Å². The van der Waals surface area contributed by atoms with Gasteiger partial charge in [0.2, 0.25) is 0 Å². The summed E-state index contributed by atoms with van der Waals surface area (Å²) in [4.78, 5) is 16.5. The molecule has 0 rings (SSSR count). The summed E-state index contributed by atoms with van der Waals surface area (Å²) in [7, 11) is 0. The summed E-state index contributed by atoms with van der Waals surface area (Å²) in [5, 5.41) is 11.8. The zero-order chi connectivity index (χ0) is 11.0. The minimum absolute atomic E-state index is 0.0589. The fourth-order valence-corrected chi connectivity index (χ4v) is 0.552. The molecule has 6 heteroatoms. The Balaban J connectivity index is 4.60. The van der Waals surface area contributed by atoms with Gasteiger partial charge in [-0.05, 0) is 25.2 Å². The van der Waals surface area contributed by atoms with Crippen LogP contribution in [0, 0.1) is 0 Å². The van der Waals surface area contributed by atoms with Gasteiger partial charge in [-0.15, -0.1) is 0 Å². The fourth-order valence-electron chi connectivity index (χ4n) is 0.552. The number of azide groups is 1. The van der Waals surface area contributed by atoms with E-state index in [2.05, 4.69) is 21.7 Å². The number of allylic oxidation sites excluding steroid dienone is 2. The molecule has 0 aromatic carbocycles. The molecule has 0 heterocycles. The maximum absolute atomic E-state index is 10.4. The van der Waals surface area contributed by atoms with Crippen LogP contribution in [0.2, 0.25) is 0 Å². The molecule has 0 saturated carbocycles. The largest absolute Gasteiger partial charge is 0.478 e. The molecule has 0 aromatic rings. The number of carboxylic acid groups (broad SMARTS) is 1. The Kier molecular flexibility index (Phi) is 5.49. The van der Waals surface area contributed by atoms with Crippen molar-refractivity contribution in [3.63, 3.8) is 0 Å². The number of aliphatic imine (C=N–C) groups is 1. The third-order valence-corrected chi connectivity index (χ3v) is 1.36. The van der Waals surface area contributed by atoms with Crippen LogP contribution in [0.1, 0.15) is 6.92 Å². The first-order valence-corrected chi connectivity index (χ1v) is 3.70. The van der Waals surface area contributed by atoms with Crippen LogP contribution in [0.4, 0.5) is 0 Å². The highest BCUT2D eigenvalue weighted by Crippen LogP contribution is 2.00. The average Bonchev–Trinajstić information content (AvgIpc) is 2.17. The summed E-state index contributed by atoms with van der Waals surface area (Å²) >= 11 is 0. The van der Waals surface area contributed by atoms with Gasteiger partial charge in [0.15, 0.2) is 0 Å². The monoisotopic (exact) mass is 194 g/mol. The molecule has 0 atom stereocenters. The van der Waals surface area contributed by atoms with E-state index in [0.29, 0.717) is 5.70 Å². The van der Waals surface area contributed by atoms with Crippen LogP contribution < -0.4 is 0 Å². The van der Waals surface area contributed by atoms with Gasteiger partial charge in [0.05, 0.1) is 6.54 Å². The van der Waals surface area contributed by atoms with Gasteiger partial charge in [0, 0.05) is 16.2 Å². The molecule has 0 aliphatic heterocycles. The predicted molar refractivity (Wildman–Crippen MR) is 53.0 cm³/mol. The number of carbonyl (C=O) groups is 1. The Morgan fingerprint density at radius 3 is 2.71 bits per heavy atom. The molecular formula is C8H10N4O2. The lowest BCUT2D eigenvalue weighted by Gasteiger charge is -1.93. The Morgan fingerprint density at radius 2 is 2.29 bits per heavy atom. The topological polar surface area (TPSA) is 98.4 Å². The minimum Gasteiger partial charge on any atom is -0.478 e. The van der Waals surface area contributed by atoms with E-state index >= 15 is 0 Å². The van der Waals surface area contributed by atoms with Crippen molar-refractivity contribution in [2.75, 3.05) is 6.54 Å². The molecule has 0 fully saturated rings. The van der Waals surface area contributed by atoms with Crippen LogP contribution in [0.3, 0.4) is 0 Å². The summed E-state index contributed by atoms with van der Waals surface area (Å²) in [6, 6.07) is 0. The van der Waals surface area contributed by atoms with Crippen molar-refractivity contribution in [3.05, 3.63) is 33.9 Å². The molecule has 74 valence electrons. The maximum atomic E-state index is 10.4. The standard InChI is InChI=1S/C8H10N4O2/c1-6(8(13)14)3-4-7(10-2)5-11-12-9/h3-4H,2,5H2,1H3,(H,13,14)/b6-3+,7-4-. The lowest BCUT2D eigenvalue weighted by atomic mass is 10.2. The Bertz CT molecular complexity index is 337. The summed E-state index contributed by atoms with van der Waals surface area (Å²) < 4.78 is 0. The second-order valence-electron chi connectivity index (χ2n) is 2.36. The van der Waals surface area contributed by atoms with Crippen molar-refractivity contribution in [2.24, 2.45) is 10.1 Å². The van der Waals surface area contributed by atoms with Crippen LogP contribution in [-0.2, 0) is 4.79 Å². The van der Waals surface area contributed by atoms with E-state index in [1.165, 1.54) is 19.1 Å². The molecule has 0 aliphatic carbocycles. The van der Waals surface area contributed by atoms with Crippen molar-refractivity contribution in [2.45, 2.75) is 6.92 Å². The summed E-state index contributed by atoms with van der Waals surface area (Å²) in [5.74, 6) is -1.01. The van der Waals surface area contributed by atoms with Gasteiger partial charge in [-0.2, -0.15) is 0 Å². The van der Waals surface area contributed by atoms with Crippen molar-refractivity contribution in [1.82, 2.24) is 0 Å². The van der Waals surface area contributed by atoms with Crippen LogP contribution in [0.5, 0.6) is 0 Å². The molecule has 1 N–H and O–H groups in total. The molecule has 0 amide bonds. The number of carboxylic acids is 1. The van der Waals surface area contributed by atoms with Crippen molar-refractivity contribution < 1.29 is 9.90 Å². The van der Waals surface area contributed by atoms with Gasteiger partial charge in [-0.25, -0.2) is 4.79 Å². The van der Waals surface area contributed by atoms with E-state index in [9.17, 15) is 4.79 Å². The highest BCUT2D eigenvalue weighted by Gasteiger charge is 1.97. The van der Waals surface area contributed by atoms with Gasteiger partial charge in [-0.3, -0.25) is 4.99 Å². The van der Waals surface area contributed by atoms with Crippen LogP contribution in [0.25, 0.3) is 10.4 Å². The molecule has 0 radical (unpaired) electrons. The highest BCUT2D eigenvalue weighted by atomic mass is 16.4. The lowest BCUT2D eigenvalue weighted by Crippen LogP contribution is -1.95. The average molecular weight is 194 g/mol. The van der Waals surface area contributed by atoms with E-state index in [0.717, 1.165) is 0 Å². The number of nitrogens with zero attached hydrogens (tertiary/aromatic N) is 4. The van der Waals surface area contributed by atoms with Gasteiger partial charge in [-0.1, -0.05) is 11.2 Å².